The Morgan fingerprint density at radius 1 is 1.27 bits per heavy atom. The zero-order valence-electron chi connectivity index (χ0n) is 13.5. The van der Waals surface area contributed by atoms with E-state index in [-0.39, 0.29) is 0 Å². The standard InChI is InChI=1S/C16H23NO5/c1-16(2,3)22-15(19)17-8-5-9-21-14-10-12(11-18)6-7-13(14)20-4/h6-7,10-11H,5,8-9H2,1-4H3,(H,17,19). The van der Waals surface area contributed by atoms with Gasteiger partial charge in [-0.1, -0.05) is 0 Å². The lowest BCUT2D eigenvalue weighted by atomic mass is 10.2. The SMILES string of the molecule is COc1ccc(C=O)cc1OCCCNC(=O)OC(C)(C)C. The van der Waals surface area contributed by atoms with Crippen LogP contribution in [-0.2, 0) is 4.74 Å². The lowest BCUT2D eigenvalue weighted by Crippen LogP contribution is -2.33. The van der Waals surface area contributed by atoms with Crippen molar-refractivity contribution >= 4 is 12.4 Å². The number of hydrogen-bond donors (Lipinski definition) is 1. The Balaban J connectivity index is 2.36. The minimum Gasteiger partial charge on any atom is -0.493 e. The molecule has 6 heteroatoms. The highest BCUT2D eigenvalue weighted by molar-refractivity contribution is 5.76. The first-order chi connectivity index (χ1) is 10.4. The zero-order valence-corrected chi connectivity index (χ0v) is 13.5. The van der Waals surface area contributed by atoms with Crippen LogP contribution in [0.15, 0.2) is 18.2 Å². The number of alkyl carbamates (subject to hydrolysis) is 1. The van der Waals surface area contributed by atoms with Crippen LogP contribution in [-0.4, -0.2) is 38.2 Å². The van der Waals surface area contributed by atoms with Gasteiger partial charge >= 0.3 is 6.09 Å². The first-order valence-electron chi connectivity index (χ1n) is 7.08. The molecule has 6 nitrogen and oxygen atoms in total. The van der Waals surface area contributed by atoms with Crippen molar-refractivity contribution in [3.8, 4) is 11.5 Å². The summed E-state index contributed by atoms with van der Waals surface area (Å²) >= 11 is 0. The summed E-state index contributed by atoms with van der Waals surface area (Å²) in [6.07, 6.45) is 0.900. The second-order valence-corrected chi connectivity index (χ2v) is 5.66. The van der Waals surface area contributed by atoms with Gasteiger partial charge in [0.1, 0.15) is 11.9 Å². The van der Waals surface area contributed by atoms with Gasteiger partial charge in [0.15, 0.2) is 11.5 Å². The van der Waals surface area contributed by atoms with Crippen LogP contribution in [0.4, 0.5) is 4.79 Å². The van der Waals surface area contributed by atoms with E-state index in [0.717, 1.165) is 6.29 Å². The average Bonchev–Trinajstić information content (AvgIpc) is 2.44. The van der Waals surface area contributed by atoms with Crippen molar-refractivity contribution in [2.45, 2.75) is 32.8 Å². The molecule has 22 heavy (non-hydrogen) atoms. The summed E-state index contributed by atoms with van der Waals surface area (Å²) in [7, 11) is 1.53. The van der Waals surface area contributed by atoms with E-state index in [0.29, 0.717) is 36.6 Å². The van der Waals surface area contributed by atoms with Gasteiger partial charge in [0.2, 0.25) is 0 Å². The molecule has 0 fully saturated rings. The van der Waals surface area contributed by atoms with E-state index in [9.17, 15) is 9.59 Å². The van der Waals surface area contributed by atoms with Gasteiger partial charge in [0.25, 0.3) is 0 Å². The molecule has 0 saturated carbocycles. The summed E-state index contributed by atoms with van der Waals surface area (Å²) in [5, 5.41) is 2.65. The highest BCUT2D eigenvalue weighted by Gasteiger charge is 2.15. The number of nitrogens with one attached hydrogen (secondary N) is 1. The van der Waals surface area contributed by atoms with Gasteiger partial charge in [-0.25, -0.2) is 4.79 Å². The summed E-state index contributed by atoms with van der Waals surface area (Å²) in [5.74, 6) is 1.06. The van der Waals surface area contributed by atoms with Crippen LogP contribution in [0.5, 0.6) is 11.5 Å². The Kier molecular flexibility index (Phi) is 6.69. The van der Waals surface area contributed by atoms with Crippen molar-refractivity contribution in [2.24, 2.45) is 0 Å². The molecule has 122 valence electrons. The Morgan fingerprint density at radius 2 is 2.00 bits per heavy atom. The fourth-order valence-electron chi connectivity index (χ4n) is 1.64. The van der Waals surface area contributed by atoms with Gasteiger partial charge in [-0.2, -0.15) is 0 Å². The molecule has 0 spiro atoms. The van der Waals surface area contributed by atoms with Gasteiger partial charge < -0.3 is 19.5 Å². The summed E-state index contributed by atoms with van der Waals surface area (Å²) in [4.78, 5) is 22.2. The third-order valence-corrected chi connectivity index (χ3v) is 2.57. The molecule has 1 aromatic carbocycles. The van der Waals surface area contributed by atoms with Gasteiger partial charge in [-0.3, -0.25) is 4.79 Å². The third kappa shape index (κ3) is 6.47. The molecule has 0 aliphatic carbocycles. The van der Waals surface area contributed by atoms with Crippen molar-refractivity contribution in [2.75, 3.05) is 20.3 Å². The monoisotopic (exact) mass is 309 g/mol. The van der Waals surface area contributed by atoms with Crippen molar-refractivity contribution in [1.29, 1.82) is 0 Å². The minimum atomic E-state index is -0.511. The number of rotatable bonds is 7. The molecule has 0 bridgehead atoms. The third-order valence-electron chi connectivity index (χ3n) is 2.57. The normalized spacial score (nSPS) is 10.7. The van der Waals surface area contributed by atoms with Gasteiger partial charge in [-0.15, -0.1) is 0 Å². The Labute approximate surface area is 130 Å². The molecule has 1 rings (SSSR count). The Morgan fingerprint density at radius 3 is 2.59 bits per heavy atom. The topological polar surface area (TPSA) is 73.9 Å². The van der Waals surface area contributed by atoms with Gasteiger partial charge in [-0.05, 0) is 45.4 Å². The van der Waals surface area contributed by atoms with Crippen LogP contribution in [0.1, 0.15) is 37.6 Å². The molecular formula is C16H23NO5. The van der Waals surface area contributed by atoms with E-state index in [1.54, 1.807) is 18.2 Å². The molecule has 1 N–H and O–H groups in total. The van der Waals surface area contributed by atoms with Crippen LogP contribution >= 0.6 is 0 Å². The maximum atomic E-state index is 11.4. The van der Waals surface area contributed by atoms with Crippen LogP contribution in [0.2, 0.25) is 0 Å². The average molecular weight is 309 g/mol. The first kappa shape index (κ1) is 17.8. The molecule has 0 atom stereocenters. The molecule has 0 aromatic heterocycles. The number of benzene rings is 1. The number of amides is 1. The van der Waals surface area contributed by atoms with Crippen molar-refractivity contribution in [3.05, 3.63) is 23.8 Å². The van der Waals surface area contributed by atoms with Crippen LogP contribution in [0.3, 0.4) is 0 Å². The quantitative estimate of drug-likeness (QED) is 0.619. The van der Waals surface area contributed by atoms with E-state index >= 15 is 0 Å². The number of carbonyl (C=O) groups is 2. The number of ether oxygens (including phenoxy) is 3. The largest absolute Gasteiger partial charge is 0.493 e. The van der Waals surface area contributed by atoms with E-state index in [2.05, 4.69) is 5.32 Å². The van der Waals surface area contributed by atoms with Gasteiger partial charge in [0, 0.05) is 12.1 Å². The predicted molar refractivity (Wildman–Crippen MR) is 82.7 cm³/mol. The first-order valence-corrected chi connectivity index (χ1v) is 7.08. The maximum Gasteiger partial charge on any atom is 0.407 e. The molecule has 0 heterocycles. The lowest BCUT2D eigenvalue weighted by Gasteiger charge is -2.19. The Hall–Kier alpha value is -2.24. The van der Waals surface area contributed by atoms with Crippen molar-refractivity contribution < 1.29 is 23.8 Å². The molecule has 0 aliphatic rings. The number of carbonyl (C=O) groups excluding carboxylic acids is 2. The maximum absolute atomic E-state index is 11.4. The molecule has 1 aromatic rings. The molecular weight excluding hydrogens is 286 g/mol. The highest BCUT2D eigenvalue weighted by Crippen LogP contribution is 2.27. The number of methoxy groups -OCH3 is 1. The molecule has 0 aliphatic heterocycles. The molecule has 0 unspecified atom stereocenters. The molecule has 0 saturated heterocycles. The fraction of sp³-hybridized carbons (Fsp3) is 0.500. The van der Waals surface area contributed by atoms with E-state index in [1.165, 1.54) is 7.11 Å². The van der Waals surface area contributed by atoms with Crippen molar-refractivity contribution in [3.63, 3.8) is 0 Å². The van der Waals surface area contributed by atoms with Gasteiger partial charge in [0.05, 0.1) is 13.7 Å². The Bertz CT molecular complexity index is 508. The van der Waals surface area contributed by atoms with Crippen LogP contribution in [0.25, 0.3) is 0 Å². The summed E-state index contributed by atoms with van der Waals surface area (Å²) < 4.78 is 15.9. The second-order valence-electron chi connectivity index (χ2n) is 5.66. The van der Waals surface area contributed by atoms with Crippen LogP contribution in [0, 0.1) is 0 Å². The van der Waals surface area contributed by atoms with E-state index in [4.69, 9.17) is 14.2 Å². The number of hydrogen-bond acceptors (Lipinski definition) is 5. The fourth-order valence-corrected chi connectivity index (χ4v) is 1.64. The van der Waals surface area contributed by atoms with Crippen LogP contribution < -0.4 is 14.8 Å². The summed E-state index contributed by atoms with van der Waals surface area (Å²) in [6, 6.07) is 4.95. The van der Waals surface area contributed by atoms with Crippen molar-refractivity contribution in [1.82, 2.24) is 5.32 Å². The second kappa shape index (κ2) is 8.26. The minimum absolute atomic E-state index is 0.383. The smallest absolute Gasteiger partial charge is 0.407 e. The predicted octanol–water partition coefficient (Wildman–Crippen LogP) is 2.80. The molecule has 0 radical (unpaired) electrons. The molecule has 1 amide bonds. The summed E-state index contributed by atoms with van der Waals surface area (Å²) in [5.41, 5.74) is 0.00568. The van der Waals surface area contributed by atoms with E-state index < -0.39 is 11.7 Å². The summed E-state index contributed by atoms with van der Waals surface area (Å²) in [6.45, 7) is 6.24. The number of aldehydes is 1. The lowest BCUT2D eigenvalue weighted by molar-refractivity contribution is 0.0525. The zero-order chi connectivity index (χ0) is 16.6. The van der Waals surface area contributed by atoms with E-state index in [1.807, 2.05) is 20.8 Å². The highest BCUT2D eigenvalue weighted by atomic mass is 16.6.